The van der Waals surface area contributed by atoms with Crippen molar-refractivity contribution >= 4 is 0 Å². The maximum Gasteiger partial charge on any atom is 0.0240 e. The molecule has 0 aliphatic rings. The van der Waals surface area contributed by atoms with Crippen LogP contribution in [0.5, 0.6) is 0 Å². The fourth-order valence-corrected chi connectivity index (χ4v) is 2.89. The van der Waals surface area contributed by atoms with Crippen LogP contribution >= 0.6 is 0 Å². The molecule has 2 rings (SSSR count). The van der Waals surface area contributed by atoms with Crippen LogP contribution in [0, 0.1) is 0 Å². The summed E-state index contributed by atoms with van der Waals surface area (Å²) in [4.78, 5) is 2.59. The first-order chi connectivity index (χ1) is 11.3. The molecule has 0 aliphatic heterocycles. The van der Waals surface area contributed by atoms with Crippen molar-refractivity contribution in [1.29, 1.82) is 0 Å². The molecule has 0 aliphatic carbocycles. The van der Waals surface area contributed by atoms with E-state index in [9.17, 15) is 0 Å². The van der Waals surface area contributed by atoms with Crippen LogP contribution in [0.4, 0.5) is 0 Å². The van der Waals surface area contributed by atoms with Crippen molar-refractivity contribution in [3.8, 4) is 0 Å². The van der Waals surface area contributed by atoms with Gasteiger partial charge in [-0.25, -0.2) is 0 Å². The van der Waals surface area contributed by atoms with Crippen LogP contribution in [-0.2, 0) is 13.1 Å². The molecule has 2 nitrogen and oxygen atoms in total. The van der Waals surface area contributed by atoms with Gasteiger partial charge in [0.1, 0.15) is 0 Å². The van der Waals surface area contributed by atoms with E-state index in [2.05, 4.69) is 84.7 Å². The first-order valence-corrected chi connectivity index (χ1v) is 8.82. The van der Waals surface area contributed by atoms with Crippen molar-refractivity contribution in [2.75, 3.05) is 13.1 Å². The Hall–Kier alpha value is -1.64. The van der Waals surface area contributed by atoms with E-state index in [1.807, 2.05) is 0 Å². The molecule has 2 aromatic carbocycles. The molecule has 2 aromatic rings. The maximum absolute atomic E-state index is 3.42. The standard InChI is InChI=1S/C21H30N2/c1-3-22-16-10-11-19(2)23(17-20-12-6-4-7-13-20)18-21-14-8-5-9-15-21/h4-9,12-15,19,22H,3,10-11,16-18H2,1-2H3. The Kier molecular flexibility index (Phi) is 7.85. The topological polar surface area (TPSA) is 15.3 Å². The van der Waals surface area contributed by atoms with Gasteiger partial charge in [-0.05, 0) is 44.0 Å². The zero-order chi connectivity index (χ0) is 16.3. The van der Waals surface area contributed by atoms with Crippen LogP contribution in [0.15, 0.2) is 60.7 Å². The monoisotopic (exact) mass is 310 g/mol. The molecule has 0 saturated carbocycles. The predicted molar refractivity (Wildman–Crippen MR) is 99.4 cm³/mol. The van der Waals surface area contributed by atoms with E-state index >= 15 is 0 Å². The highest BCUT2D eigenvalue weighted by molar-refractivity contribution is 5.17. The number of benzene rings is 2. The molecular weight excluding hydrogens is 280 g/mol. The van der Waals surface area contributed by atoms with Crippen LogP contribution in [-0.4, -0.2) is 24.0 Å². The molecule has 0 saturated heterocycles. The summed E-state index contributed by atoms with van der Waals surface area (Å²) in [6.45, 7) is 8.73. The number of nitrogens with zero attached hydrogens (tertiary/aromatic N) is 1. The molecule has 1 unspecified atom stereocenters. The van der Waals surface area contributed by atoms with Gasteiger partial charge in [0.25, 0.3) is 0 Å². The van der Waals surface area contributed by atoms with E-state index in [1.54, 1.807) is 0 Å². The molecule has 2 heteroatoms. The van der Waals surface area contributed by atoms with Gasteiger partial charge in [-0.15, -0.1) is 0 Å². The molecule has 0 radical (unpaired) electrons. The lowest BCUT2D eigenvalue weighted by atomic mass is 10.1. The highest BCUT2D eigenvalue weighted by Crippen LogP contribution is 2.16. The van der Waals surface area contributed by atoms with Gasteiger partial charge >= 0.3 is 0 Å². The second-order valence-electron chi connectivity index (χ2n) is 6.22. The van der Waals surface area contributed by atoms with Gasteiger partial charge in [-0.3, -0.25) is 4.90 Å². The van der Waals surface area contributed by atoms with Gasteiger partial charge in [-0.1, -0.05) is 67.6 Å². The highest BCUT2D eigenvalue weighted by atomic mass is 15.1. The van der Waals surface area contributed by atoms with Crippen molar-refractivity contribution in [2.45, 2.75) is 45.8 Å². The summed E-state index contributed by atoms with van der Waals surface area (Å²) in [5.41, 5.74) is 2.78. The fourth-order valence-electron chi connectivity index (χ4n) is 2.89. The van der Waals surface area contributed by atoms with Crippen molar-refractivity contribution in [2.24, 2.45) is 0 Å². The second-order valence-corrected chi connectivity index (χ2v) is 6.22. The second kappa shape index (κ2) is 10.2. The average Bonchev–Trinajstić information content (AvgIpc) is 2.60. The number of rotatable bonds is 10. The Balaban J connectivity index is 1.98. The van der Waals surface area contributed by atoms with Crippen molar-refractivity contribution in [3.05, 3.63) is 71.8 Å². The van der Waals surface area contributed by atoms with E-state index in [4.69, 9.17) is 0 Å². The maximum atomic E-state index is 3.42. The minimum atomic E-state index is 0.578. The smallest absolute Gasteiger partial charge is 0.0240 e. The molecule has 124 valence electrons. The number of nitrogens with one attached hydrogen (secondary N) is 1. The van der Waals surface area contributed by atoms with Crippen LogP contribution < -0.4 is 5.32 Å². The van der Waals surface area contributed by atoms with Crippen molar-refractivity contribution in [1.82, 2.24) is 10.2 Å². The summed E-state index contributed by atoms with van der Waals surface area (Å²) in [5.74, 6) is 0. The van der Waals surface area contributed by atoms with Gasteiger partial charge in [-0.2, -0.15) is 0 Å². The molecular formula is C21H30N2. The van der Waals surface area contributed by atoms with Gasteiger partial charge in [0.05, 0.1) is 0 Å². The molecule has 0 amide bonds. The minimum Gasteiger partial charge on any atom is -0.317 e. The third-order valence-electron chi connectivity index (χ3n) is 4.31. The van der Waals surface area contributed by atoms with E-state index in [1.165, 1.54) is 24.0 Å². The summed E-state index contributed by atoms with van der Waals surface area (Å²) in [5, 5.41) is 3.42. The third-order valence-corrected chi connectivity index (χ3v) is 4.31. The molecule has 0 bridgehead atoms. The first kappa shape index (κ1) is 17.7. The molecule has 0 aromatic heterocycles. The van der Waals surface area contributed by atoms with Crippen molar-refractivity contribution in [3.63, 3.8) is 0 Å². The summed E-state index contributed by atoms with van der Waals surface area (Å²) in [6.07, 6.45) is 2.46. The van der Waals surface area contributed by atoms with Crippen LogP contribution in [0.2, 0.25) is 0 Å². The highest BCUT2D eigenvalue weighted by Gasteiger charge is 2.14. The number of hydrogen-bond donors (Lipinski definition) is 1. The van der Waals surface area contributed by atoms with Gasteiger partial charge in [0.2, 0.25) is 0 Å². The summed E-state index contributed by atoms with van der Waals surface area (Å²) in [6, 6.07) is 22.2. The Morgan fingerprint density at radius 3 is 1.87 bits per heavy atom. The number of hydrogen-bond acceptors (Lipinski definition) is 2. The lowest BCUT2D eigenvalue weighted by Gasteiger charge is -2.29. The van der Waals surface area contributed by atoms with Gasteiger partial charge < -0.3 is 5.32 Å². The quantitative estimate of drug-likeness (QED) is 0.651. The minimum absolute atomic E-state index is 0.578. The van der Waals surface area contributed by atoms with E-state index in [0.717, 1.165) is 26.2 Å². The summed E-state index contributed by atoms with van der Waals surface area (Å²) < 4.78 is 0. The largest absolute Gasteiger partial charge is 0.317 e. The first-order valence-electron chi connectivity index (χ1n) is 8.82. The Morgan fingerprint density at radius 2 is 1.39 bits per heavy atom. The third kappa shape index (κ3) is 6.55. The van der Waals surface area contributed by atoms with E-state index < -0.39 is 0 Å². The average molecular weight is 310 g/mol. The van der Waals surface area contributed by atoms with Crippen LogP contribution in [0.3, 0.4) is 0 Å². The van der Waals surface area contributed by atoms with E-state index in [-0.39, 0.29) is 0 Å². The molecule has 0 fully saturated rings. The zero-order valence-corrected chi connectivity index (χ0v) is 14.5. The van der Waals surface area contributed by atoms with Crippen LogP contribution in [0.1, 0.15) is 37.8 Å². The Labute approximate surface area is 141 Å². The van der Waals surface area contributed by atoms with Gasteiger partial charge in [0.15, 0.2) is 0 Å². The van der Waals surface area contributed by atoms with Crippen molar-refractivity contribution < 1.29 is 0 Å². The zero-order valence-electron chi connectivity index (χ0n) is 14.5. The molecule has 0 heterocycles. The predicted octanol–water partition coefficient (Wildman–Crippen LogP) is 4.47. The summed E-state index contributed by atoms with van der Waals surface area (Å²) in [7, 11) is 0. The SMILES string of the molecule is CCNCCCC(C)N(Cc1ccccc1)Cc1ccccc1. The normalized spacial score (nSPS) is 12.5. The lowest BCUT2D eigenvalue weighted by molar-refractivity contribution is 0.179. The molecule has 1 atom stereocenters. The lowest BCUT2D eigenvalue weighted by Crippen LogP contribution is -2.32. The summed E-state index contributed by atoms with van der Waals surface area (Å²) >= 11 is 0. The fraction of sp³-hybridized carbons (Fsp3) is 0.429. The molecule has 0 spiro atoms. The van der Waals surface area contributed by atoms with Gasteiger partial charge in [0, 0.05) is 19.1 Å². The van der Waals surface area contributed by atoms with E-state index in [0.29, 0.717) is 6.04 Å². The molecule has 1 N–H and O–H groups in total. The van der Waals surface area contributed by atoms with Crippen LogP contribution in [0.25, 0.3) is 0 Å². The Morgan fingerprint density at radius 1 is 0.870 bits per heavy atom. The Bertz CT molecular complexity index is 483. The molecule has 23 heavy (non-hydrogen) atoms.